The molecule has 34 heavy (non-hydrogen) atoms. The number of amides is 4. The summed E-state index contributed by atoms with van der Waals surface area (Å²) in [4.78, 5) is 52.2. The van der Waals surface area contributed by atoms with Crippen molar-refractivity contribution in [1.29, 1.82) is 0 Å². The minimum absolute atomic E-state index is 0.237. The summed E-state index contributed by atoms with van der Waals surface area (Å²) >= 11 is 0. The molecule has 3 aromatic carbocycles. The number of hydrogen-bond donors (Lipinski definition) is 2. The summed E-state index contributed by atoms with van der Waals surface area (Å²) in [5.74, 6) is -1.42. The zero-order valence-electron chi connectivity index (χ0n) is 19.1. The fraction of sp³-hybridized carbons (Fsp3) is 0.185. The number of anilines is 2. The fourth-order valence-corrected chi connectivity index (χ4v) is 3.88. The van der Waals surface area contributed by atoms with Crippen molar-refractivity contribution in [2.24, 2.45) is 0 Å². The number of fused-ring (bicyclic) bond motifs is 1. The Kier molecular flexibility index (Phi) is 6.54. The van der Waals surface area contributed by atoms with Crippen LogP contribution in [0.2, 0.25) is 0 Å². The van der Waals surface area contributed by atoms with E-state index in [2.05, 4.69) is 10.6 Å². The largest absolute Gasteiger partial charge is 0.322 e. The maximum absolute atomic E-state index is 13.0. The molecule has 3 aromatic rings. The quantitative estimate of drug-likeness (QED) is 0.496. The second-order valence-corrected chi connectivity index (χ2v) is 8.13. The summed E-state index contributed by atoms with van der Waals surface area (Å²) in [5, 5.41) is 5.66. The summed E-state index contributed by atoms with van der Waals surface area (Å²) in [5.41, 5.74) is 3.01. The van der Waals surface area contributed by atoms with E-state index in [0.29, 0.717) is 34.6 Å². The van der Waals surface area contributed by atoms with Gasteiger partial charge in [-0.25, -0.2) is 0 Å². The zero-order valence-corrected chi connectivity index (χ0v) is 19.1. The van der Waals surface area contributed by atoms with Crippen LogP contribution in [-0.4, -0.2) is 35.1 Å². The van der Waals surface area contributed by atoms with Crippen molar-refractivity contribution in [2.45, 2.75) is 26.7 Å². The first-order chi connectivity index (χ1) is 16.4. The smallest absolute Gasteiger partial charge is 0.261 e. The predicted molar refractivity (Wildman–Crippen MR) is 130 cm³/mol. The van der Waals surface area contributed by atoms with Crippen LogP contribution < -0.4 is 10.6 Å². The highest BCUT2D eigenvalue weighted by atomic mass is 16.2. The lowest BCUT2D eigenvalue weighted by molar-refractivity contribution is 0.0652. The minimum atomic E-state index is -0.432. The number of imide groups is 1. The molecule has 0 aliphatic carbocycles. The Bertz CT molecular complexity index is 1280. The third kappa shape index (κ3) is 4.45. The Morgan fingerprint density at radius 3 is 2.29 bits per heavy atom. The van der Waals surface area contributed by atoms with Gasteiger partial charge in [0, 0.05) is 29.0 Å². The lowest BCUT2D eigenvalue weighted by Gasteiger charge is -2.13. The Labute approximate surface area is 197 Å². The van der Waals surface area contributed by atoms with E-state index in [1.54, 1.807) is 37.3 Å². The van der Waals surface area contributed by atoms with Gasteiger partial charge in [0.1, 0.15) is 0 Å². The molecular formula is C27H25N3O4. The van der Waals surface area contributed by atoms with E-state index in [9.17, 15) is 19.2 Å². The van der Waals surface area contributed by atoms with Gasteiger partial charge >= 0.3 is 0 Å². The average Bonchev–Trinajstić information content (AvgIpc) is 3.08. The van der Waals surface area contributed by atoms with Gasteiger partial charge in [0.15, 0.2) is 0 Å². The van der Waals surface area contributed by atoms with Crippen molar-refractivity contribution in [3.63, 3.8) is 0 Å². The molecule has 0 fully saturated rings. The summed E-state index contributed by atoms with van der Waals surface area (Å²) in [6.45, 7) is 4.11. The van der Waals surface area contributed by atoms with Gasteiger partial charge in [-0.05, 0) is 61.4 Å². The van der Waals surface area contributed by atoms with E-state index in [4.69, 9.17) is 0 Å². The molecule has 172 valence electrons. The van der Waals surface area contributed by atoms with Crippen LogP contribution in [0.3, 0.4) is 0 Å². The van der Waals surface area contributed by atoms with Gasteiger partial charge in [-0.2, -0.15) is 0 Å². The fourth-order valence-electron chi connectivity index (χ4n) is 3.88. The van der Waals surface area contributed by atoms with Crippen LogP contribution in [0.5, 0.6) is 0 Å². The normalized spacial score (nSPS) is 12.5. The van der Waals surface area contributed by atoms with Crippen molar-refractivity contribution >= 4 is 35.0 Å². The maximum atomic E-state index is 13.0. The van der Waals surface area contributed by atoms with Crippen molar-refractivity contribution in [1.82, 2.24) is 4.90 Å². The molecule has 0 bridgehead atoms. The first-order valence-corrected chi connectivity index (χ1v) is 11.2. The third-order valence-corrected chi connectivity index (χ3v) is 5.83. The second kappa shape index (κ2) is 9.70. The standard InChI is InChI=1S/C27H25N3O4/c1-3-4-15-30-26(33)21-14-13-18(16-22(21)27(30)34)24(31)29-23-12-8-11-20(17(23)2)25(32)28-19-9-6-5-7-10-19/h5-14,16H,3-4,15H2,1-2H3,(H,28,32)(H,29,31). The number of nitrogens with zero attached hydrogens (tertiary/aromatic N) is 1. The maximum Gasteiger partial charge on any atom is 0.261 e. The van der Waals surface area contributed by atoms with Crippen LogP contribution in [0.4, 0.5) is 11.4 Å². The van der Waals surface area contributed by atoms with Crippen LogP contribution in [0.1, 0.15) is 66.8 Å². The number of hydrogen-bond acceptors (Lipinski definition) is 4. The molecule has 0 unspecified atom stereocenters. The lowest BCUT2D eigenvalue weighted by atomic mass is 10.0. The Balaban J connectivity index is 1.53. The second-order valence-electron chi connectivity index (χ2n) is 8.13. The highest BCUT2D eigenvalue weighted by molar-refractivity contribution is 6.22. The summed E-state index contributed by atoms with van der Waals surface area (Å²) < 4.78 is 0. The van der Waals surface area contributed by atoms with E-state index >= 15 is 0 Å². The molecule has 7 heteroatoms. The molecule has 2 N–H and O–H groups in total. The van der Waals surface area contributed by atoms with E-state index < -0.39 is 5.91 Å². The first-order valence-electron chi connectivity index (χ1n) is 11.2. The Hall–Kier alpha value is -4.26. The van der Waals surface area contributed by atoms with Crippen molar-refractivity contribution in [3.8, 4) is 0 Å². The molecule has 1 aliphatic heterocycles. The van der Waals surface area contributed by atoms with E-state index in [1.165, 1.54) is 23.1 Å². The van der Waals surface area contributed by atoms with Gasteiger partial charge in [-0.15, -0.1) is 0 Å². The molecule has 0 spiro atoms. The van der Waals surface area contributed by atoms with Gasteiger partial charge in [0.2, 0.25) is 0 Å². The van der Waals surface area contributed by atoms with Gasteiger partial charge < -0.3 is 10.6 Å². The van der Waals surface area contributed by atoms with E-state index in [0.717, 1.165) is 12.8 Å². The van der Waals surface area contributed by atoms with Gasteiger partial charge in [0.05, 0.1) is 11.1 Å². The molecule has 0 saturated heterocycles. The minimum Gasteiger partial charge on any atom is -0.322 e. The number of para-hydroxylation sites is 1. The average molecular weight is 456 g/mol. The number of benzene rings is 3. The molecule has 0 saturated carbocycles. The SMILES string of the molecule is CCCCN1C(=O)c2ccc(C(=O)Nc3cccc(C(=O)Nc4ccccc4)c3C)cc2C1=O. The van der Waals surface area contributed by atoms with Crippen molar-refractivity contribution < 1.29 is 19.2 Å². The third-order valence-electron chi connectivity index (χ3n) is 5.83. The zero-order chi connectivity index (χ0) is 24.2. The van der Waals surface area contributed by atoms with Crippen molar-refractivity contribution in [3.05, 3.63) is 94.5 Å². The highest BCUT2D eigenvalue weighted by Gasteiger charge is 2.35. The number of rotatable bonds is 7. The number of carbonyl (C=O) groups excluding carboxylic acids is 4. The van der Waals surface area contributed by atoms with Gasteiger partial charge in [-0.3, -0.25) is 24.1 Å². The molecule has 4 rings (SSSR count). The molecule has 7 nitrogen and oxygen atoms in total. The molecular weight excluding hydrogens is 430 g/mol. The molecule has 0 radical (unpaired) electrons. The number of nitrogens with one attached hydrogen (secondary N) is 2. The van der Waals surface area contributed by atoms with E-state index in [1.807, 2.05) is 25.1 Å². The molecule has 1 heterocycles. The van der Waals surface area contributed by atoms with Crippen LogP contribution in [0.15, 0.2) is 66.7 Å². The van der Waals surface area contributed by atoms with Crippen LogP contribution in [0, 0.1) is 6.92 Å². The predicted octanol–water partition coefficient (Wildman–Crippen LogP) is 4.90. The van der Waals surface area contributed by atoms with Crippen LogP contribution in [0.25, 0.3) is 0 Å². The Morgan fingerprint density at radius 1 is 0.824 bits per heavy atom. The number of carbonyl (C=O) groups is 4. The summed E-state index contributed by atoms with van der Waals surface area (Å²) in [6.07, 6.45) is 1.59. The highest BCUT2D eigenvalue weighted by Crippen LogP contribution is 2.26. The molecule has 0 atom stereocenters. The monoisotopic (exact) mass is 455 g/mol. The first kappa shape index (κ1) is 22.9. The lowest BCUT2D eigenvalue weighted by Crippen LogP contribution is -2.30. The summed E-state index contributed by atoms with van der Waals surface area (Å²) in [7, 11) is 0. The number of unbranched alkanes of at least 4 members (excludes halogenated alkanes) is 1. The topological polar surface area (TPSA) is 95.6 Å². The molecule has 1 aliphatic rings. The van der Waals surface area contributed by atoms with Crippen molar-refractivity contribution in [2.75, 3.05) is 17.2 Å². The van der Waals surface area contributed by atoms with Gasteiger partial charge in [0.25, 0.3) is 23.6 Å². The van der Waals surface area contributed by atoms with Crippen LogP contribution in [-0.2, 0) is 0 Å². The van der Waals surface area contributed by atoms with Crippen LogP contribution >= 0.6 is 0 Å². The van der Waals surface area contributed by atoms with E-state index in [-0.39, 0.29) is 28.8 Å². The molecule has 4 amide bonds. The molecule has 0 aromatic heterocycles. The van der Waals surface area contributed by atoms with Gasteiger partial charge in [-0.1, -0.05) is 37.6 Å². The summed E-state index contributed by atoms with van der Waals surface area (Å²) in [6, 6.07) is 18.7. The Morgan fingerprint density at radius 2 is 1.56 bits per heavy atom.